The van der Waals surface area contributed by atoms with E-state index in [0.29, 0.717) is 18.1 Å². The van der Waals surface area contributed by atoms with Crippen molar-refractivity contribution in [1.29, 1.82) is 0 Å². The Kier molecular flexibility index (Phi) is 3.02. The molecule has 22 heavy (non-hydrogen) atoms. The number of aryl methyl sites for hydroxylation is 1. The maximum absolute atomic E-state index is 5.71. The molecule has 0 aromatic carbocycles. The monoisotopic (exact) mass is 299 g/mol. The molecule has 1 aliphatic carbocycles. The summed E-state index contributed by atoms with van der Waals surface area (Å²) in [6, 6.07) is 6.62. The Hall–Kier alpha value is -1.55. The molecule has 3 heterocycles. The largest absolute Gasteiger partial charge is 0.369 e. The predicted octanol–water partition coefficient (Wildman–Crippen LogP) is 3.53. The molecule has 4 nitrogen and oxygen atoms in total. The topological polar surface area (TPSA) is 46.1 Å². The van der Waals surface area contributed by atoms with Crippen molar-refractivity contribution >= 4 is 0 Å². The van der Waals surface area contributed by atoms with Gasteiger partial charge in [-0.2, -0.15) is 5.10 Å². The summed E-state index contributed by atoms with van der Waals surface area (Å²) < 4.78 is 8.00. The lowest BCUT2D eigenvalue weighted by atomic mass is 9.92. The third kappa shape index (κ3) is 2.30. The van der Waals surface area contributed by atoms with Crippen molar-refractivity contribution in [3.63, 3.8) is 0 Å². The highest BCUT2D eigenvalue weighted by molar-refractivity contribution is 5.34. The second-order valence-corrected chi connectivity index (χ2v) is 7.87. The lowest BCUT2D eigenvalue weighted by Gasteiger charge is -2.15. The van der Waals surface area contributed by atoms with Gasteiger partial charge in [0.05, 0.1) is 12.2 Å². The molecule has 1 aliphatic heterocycles. The molecule has 4 heteroatoms. The molecule has 2 aliphatic rings. The number of nitrogens with one attached hydrogen (secondary N) is 1. The Labute approximate surface area is 131 Å². The van der Waals surface area contributed by atoms with Gasteiger partial charge in [0, 0.05) is 28.6 Å². The van der Waals surface area contributed by atoms with Gasteiger partial charge in [-0.15, -0.1) is 0 Å². The molecule has 4 rings (SSSR count). The van der Waals surface area contributed by atoms with E-state index in [0.717, 1.165) is 12.2 Å². The van der Waals surface area contributed by atoms with Gasteiger partial charge in [0.15, 0.2) is 5.82 Å². The zero-order valence-corrected chi connectivity index (χ0v) is 13.9. The van der Waals surface area contributed by atoms with E-state index >= 15 is 0 Å². The average molecular weight is 299 g/mol. The van der Waals surface area contributed by atoms with E-state index in [1.807, 2.05) is 0 Å². The van der Waals surface area contributed by atoms with E-state index in [9.17, 15) is 0 Å². The van der Waals surface area contributed by atoms with Crippen LogP contribution in [-0.4, -0.2) is 27.0 Å². The number of aromatic amines is 1. The van der Waals surface area contributed by atoms with Gasteiger partial charge >= 0.3 is 0 Å². The summed E-state index contributed by atoms with van der Waals surface area (Å²) in [5.74, 6) is 1.69. The van der Waals surface area contributed by atoms with Gasteiger partial charge in [0.1, 0.15) is 0 Å². The summed E-state index contributed by atoms with van der Waals surface area (Å²) in [5, 5.41) is 7.76. The van der Waals surface area contributed by atoms with Gasteiger partial charge in [-0.1, -0.05) is 20.8 Å². The van der Waals surface area contributed by atoms with E-state index in [1.165, 1.54) is 29.9 Å². The van der Waals surface area contributed by atoms with Gasteiger partial charge in [-0.25, -0.2) is 0 Å². The highest BCUT2D eigenvalue weighted by Crippen LogP contribution is 2.44. The molecule has 0 spiro atoms. The van der Waals surface area contributed by atoms with Crippen LogP contribution >= 0.6 is 0 Å². The Morgan fingerprint density at radius 1 is 1.32 bits per heavy atom. The number of aromatic nitrogens is 3. The second-order valence-electron chi connectivity index (χ2n) is 7.87. The van der Waals surface area contributed by atoms with Crippen LogP contribution < -0.4 is 0 Å². The van der Waals surface area contributed by atoms with Gasteiger partial charge in [0.2, 0.25) is 0 Å². The van der Waals surface area contributed by atoms with Crippen molar-refractivity contribution in [2.45, 2.75) is 64.6 Å². The Bertz CT molecular complexity index is 691. The van der Waals surface area contributed by atoms with Crippen molar-refractivity contribution in [1.82, 2.24) is 14.8 Å². The summed E-state index contributed by atoms with van der Waals surface area (Å²) in [4.78, 5) is 0. The molecule has 1 saturated carbocycles. The first-order valence-electron chi connectivity index (χ1n) is 8.32. The first-order chi connectivity index (χ1) is 10.4. The summed E-state index contributed by atoms with van der Waals surface area (Å²) in [6.07, 6.45) is 4.71. The quantitative estimate of drug-likeness (QED) is 0.881. The van der Waals surface area contributed by atoms with Crippen LogP contribution in [0.4, 0.5) is 0 Å². The summed E-state index contributed by atoms with van der Waals surface area (Å²) >= 11 is 0. The van der Waals surface area contributed by atoms with Crippen LogP contribution in [0.1, 0.15) is 50.7 Å². The lowest BCUT2D eigenvalue weighted by molar-refractivity contribution is 0.263. The average Bonchev–Trinajstić information content (AvgIpc) is 2.79. The van der Waals surface area contributed by atoms with E-state index < -0.39 is 0 Å². The Balaban J connectivity index is 1.63. The third-order valence-corrected chi connectivity index (χ3v) is 5.14. The molecule has 0 radical (unpaired) electrons. The van der Waals surface area contributed by atoms with Crippen molar-refractivity contribution in [2.24, 2.45) is 5.92 Å². The number of hydrogen-bond donors (Lipinski definition) is 1. The smallest absolute Gasteiger partial charge is 0.159 e. The van der Waals surface area contributed by atoms with Crippen LogP contribution in [0.5, 0.6) is 0 Å². The van der Waals surface area contributed by atoms with Crippen LogP contribution in [0.15, 0.2) is 18.2 Å². The minimum Gasteiger partial charge on any atom is -0.369 e. The number of fused-ring (bicyclic) bond motifs is 1. The lowest BCUT2D eigenvalue weighted by Crippen LogP contribution is -2.12. The second kappa shape index (κ2) is 4.72. The summed E-state index contributed by atoms with van der Waals surface area (Å²) in [5.41, 5.74) is 3.86. The van der Waals surface area contributed by atoms with Crippen LogP contribution in [-0.2, 0) is 16.6 Å². The summed E-state index contributed by atoms with van der Waals surface area (Å²) in [7, 11) is 0. The van der Waals surface area contributed by atoms with Crippen molar-refractivity contribution in [3.05, 3.63) is 35.3 Å². The van der Waals surface area contributed by atoms with Crippen molar-refractivity contribution in [2.75, 3.05) is 0 Å². The molecule has 3 atom stereocenters. The van der Waals surface area contributed by atoms with Crippen molar-refractivity contribution in [3.8, 4) is 5.82 Å². The zero-order chi connectivity index (χ0) is 15.5. The molecule has 2 aromatic heterocycles. The van der Waals surface area contributed by atoms with Crippen LogP contribution in [0.2, 0.25) is 0 Å². The van der Waals surface area contributed by atoms with E-state index in [-0.39, 0.29) is 5.41 Å². The first kappa shape index (κ1) is 14.1. The first-order valence-corrected chi connectivity index (χ1v) is 8.32. The Morgan fingerprint density at radius 2 is 2.14 bits per heavy atom. The fourth-order valence-corrected chi connectivity index (χ4v) is 3.72. The predicted molar refractivity (Wildman–Crippen MR) is 86.4 cm³/mol. The number of H-pyrrole nitrogens is 1. The maximum atomic E-state index is 5.71. The number of nitrogens with zero attached hydrogens (tertiary/aromatic N) is 2. The molecule has 118 valence electrons. The molecular weight excluding hydrogens is 274 g/mol. The van der Waals surface area contributed by atoms with Crippen LogP contribution in [0.25, 0.3) is 5.82 Å². The standard InChI is InChI=1S/C18H25N3O/c1-11-5-7-13(9-12-6-8-14-17(12)22-14)21(11)16-10-15(19-20-16)18(2,3)4/h5,7,10,12,14,17H,6,8-9H2,1-4H3,(H,19,20). The molecule has 3 unspecified atom stereocenters. The minimum absolute atomic E-state index is 0.0903. The summed E-state index contributed by atoms with van der Waals surface area (Å²) in [6.45, 7) is 8.77. The third-order valence-electron chi connectivity index (χ3n) is 5.14. The van der Waals surface area contributed by atoms with Gasteiger partial charge in [-0.05, 0) is 44.2 Å². The number of rotatable bonds is 3. The number of ether oxygens (including phenoxy) is 1. The SMILES string of the molecule is Cc1ccc(CC2CCC3OC23)n1-c1cc(C(C)(C)C)[nH]n1. The van der Waals surface area contributed by atoms with Crippen LogP contribution in [0, 0.1) is 12.8 Å². The highest BCUT2D eigenvalue weighted by atomic mass is 16.6. The molecule has 0 amide bonds. The van der Waals surface area contributed by atoms with E-state index in [1.54, 1.807) is 0 Å². The molecule has 1 saturated heterocycles. The van der Waals surface area contributed by atoms with Gasteiger partial charge in [0.25, 0.3) is 0 Å². The van der Waals surface area contributed by atoms with Crippen molar-refractivity contribution < 1.29 is 4.74 Å². The van der Waals surface area contributed by atoms with E-state index in [4.69, 9.17) is 4.74 Å². The van der Waals surface area contributed by atoms with E-state index in [2.05, 4.69) is 60.7 Å². The Morgan fingerprint density at radius 3 is 2.73 bits per heavy atom. The fourth-order valence-electron chi connectivity index (χ4n) is 3.72. The molecule has 1 N–H and O–H groups in total. The minimum atomic E-state index is 0.0903. The normalized spacial score (nSPS) is 27.2. The molecule has 2 fully saturated rings. The van der Waals surface area contributed by atoms with Gasteiger partial charge < -0.3 is 9.30 Å². The molecule has 0 bridgehead atoms. The van der Waals surface area contributed by atoms with Gasteiger partial charge in [-0.3, -0.25) is 5.10 Å². The number of hydrogen-bond acceptors (Lipinski definition) is 2. The fraction of sp³-hybridized carbons (Fsp3) is 0.611. The number of epoxide rings is 1. The molecular formula is C18H25N3O. The highest BCUT2D eigenvalue weighted by Gasteiger charge is 2.49. The zero-order valence-electron chi connectivity index (χ0n) is 13.9. The maximum Gasteiger partial charge on any atom is 0.159 e. The molecule has 2 aromatic rings. The van der Waals surface area contributed by atoms with Crippen LogP contribution in [0.3, 0.4) is 0 Å².